The van der Waals surface area contributed by atoms with Crippen LogP contribution in [-0.4, -0.2) is 51.5 Å². The molecule has 0 saturated carbocycles. The number of amides is 1. The predicted octanol–water partition coefficient (Wildman–Crippen LogP) is 2.32. The summed E-state index contributed by atoms with van der Waals surface area (Å²) in [7, 11) is 0. The van der Waals surface area contributed by atoms with E-state index in [1.165, 1.54) is 0 Å². The molecule has 5 rings (SSSR count). The number of furan rings is 1. The maximum Gasteiger partial charge on any atom is 0.232 e. The summed E-state index contributed by atoms with van der Waals surface area (Å²) in [6, 6.07) is 10.4. The second-order valence-electron chi connectivity index (χ2n) is 7.23. The van der Waals surface area contributed by atoms with Crippen LogP contribution in [0.4, 0.5) is 0 Å². The molecule has 7 heteroatoms. The molecular weight excluding hydrogens is 332 g/mol. The van der Waals surface area contributed by atoms with Crippen LogP contribution in [0.2, 0.25) is 0 Å². The third kappa shape index (κ3) is 2.68. The van der Waals surface area contributed by atoms with Crippen LogP contribution in [0.1, 0.15) is 29.8 Å². The zero-order valence-electron chi connectivity index (χ0n) is 14.6. The quantitative estimate of drug-likeness (QED) is 0.717. The van der Waals surface area contributed by atoms with E-state index < -0.39 is 0 Å². The Kier molecular flexibility index (Phi) is 3.56. The van der Waals surface area contributed by atoms with Crippen molar-refractivity contribution in [2.75, 3.05) is 19.6 Å². The smallest absolute Gasteiger partial charge is 0.232 e. The summed E-state index contributed by atoms with van der Waals surface area (Å²) < 4.78 is 11.1. The van der Waals surface area contributed by atoms with Gasteiger partial charge >= 0.3 is 0 Å². The summed E-state index contributed by atoms with van der Waals surface area (Å²) in [5.74, 6) is 2.37. The van der Waals surface area contributed by atoms with Crippen molar-refractivity contribution in [2.24, 2.45) is 0 Å². The van der Waals surface area contributed by atoms with Gasteiger partial charge in [-0.2, -0.15) is 4.98 Å². The Labute approximate surface area is 150 Å². The van der Waals surface area contributed by atoms with Crippen molar-refractivity contribution in [3.63, 3.8) is 0 Å². The molecule has 7 nitrogen and oxygen atoms in total. The second kappa shape index (κ2) is 5.95. The first-order chi connectivity index (χ1) is 12.7. The number of para-hydroxylation sites is 1. The van der Waals surface area contributed by atoms with Crippen LogP contribution < -0.4 is 0 Å². The summed E-state index contributed by atoms with van der Waals surface area (Å²) in [6.45, 7) is 4.99. The molecule has 2 aliphatic heterocycles. The molecule has 0 spiro atoms. The average Bonchev–Trinajstić information content (AvgIpc) is 3.28. The summed E-state index contributed by atoms with van der Waals surface area (Å²) in [4.78, 5) is 20.9. The third-order valence-corrected chi connectivity index (χ3v) is 5.29. The van der Waals surface area contributed by atoms with E-state index in [0.29, 0.717) is 24.7 Å². The van der Waals surface area contributed by atoms with E-state index in [-0.39, 0.29) is 17.9 Å². The molecule has 1 unspecified atom stereocenters. The Balaban J connectivity index is 1.19. The van der Waals surface area contributed by atoms with E-state index in [1.54, 1.807) is 6.92 Å². The van der Waals surface area contributed by atoms with Gasteiger partial charge in [0.15, 0.2) is 5.82 Å². The highest BCUT2D eigenvalue weighted by atomic mass is 16.5. The van der Waals surface area contributed by atoms with Crippen LogP contribution >= 0.6 is 0 Å². The SMILES string of the molecule is Cc1noc(C2CC(=O)N(C3CN(Cc4cc5ccccc5o4)C3)C2)n1. The number of rotatable bonds is 4. The Morgan fingerprint density at radius 3 is 2.85 bits per heavy atom. The lowest BCUT2D eigenvalue weighted by molar-refractivity contribution is -0.133. The van der Waals surface area contributed by atoms with Crippen molar-refractivity contribution in [1.82, 2.24) is 19.9 Å². The summed E-state index contributed by atoms with van der Waals surface area (Å²) in [6.07, 6.45) is 0.460. The van der Waals surface area contributed by atoms with Gasteiger partial charge in [0.05, 0.1) is 18.5 Å². The highest BCUT2D eigenvalue weighted by molar-refractivity contribution is 5.80. The molecule has 26 heavy (non-hydrogen) atoms. The molecule has 1 amide bonds. The fraction of sp³-hybridized carbons (Fsp3) is 0.421. The number of hydrogen-bond acceptors (Lipinski definition) is 6. The number of hydrogen-bond donors (Lipinski definition) is 0. The normalized spacial score (nSPS) is 21.7. The minimum atomic E-state index is 0.0214. The van der Waals surface area contributed by atoms with Gasteiger partial charge in [0.2, 0.25) is 11.8 Å². The van der Waals surface area contributed by atoms with Crippen LogP contribution in [0, 0.1) is 6.92 Å². The monoisotopic (exact) mass is 352 g/mol. The second-order valence-corrected chi connectivity index (χ2v) is 7.23. The topological polar surface area (TPSA) is 75.6 Å². The minimum Gasteiger partial charge on any atom is -0.460 e. The van der Waals surface area contributed by atoms with Crippen LogP contribution in [-0.2, 0) is 11.3 Å². The van der Waals surface area contributed by atoms with Gasteiger partial charge in [0.25, 0.3) is 0 Å². The van der Waals surface area contributed by atoms with E-state index in [1.807, 2.05) is 23.1 Å². The van der Waals surface area contributed by atoms with Gasteiger partial charge in [-0.1, -0.05) is 23.4 Å². The molecule has 2 aliphatic rings. The Bertz CT molecular complexity index is 924. The largest absolute Gasteiger partial charge is 0.460 e. The first-order valence-electron chi connectivity index (χ1n) is 8.95. The lowest BCUT2D eigenvalue weighted by Crippen LogP contribution is -2.59. The van der Waals surface area contributed by atoms with Gasteiger partial charge in [-0.05, 0) is 19.1 Å². The average molecular weight is 352 g/mol. The molecule has 3 aromatic rings. The molecule has 1 aromatic carbocycles. The van der Waals surface area contributed by atoms with E-state index >= 15 is 0 Å². The highest BCUT2D eigenvalue weighted by Crippen LogP contribution is 2.31. The van der Waals surface area contributed by atoms with Crippen LogP contribution in [0.15, 0.2) is 39.3 Å². The molecule has 4 heterocycles. The molecule has 2 saturated heterocycles. The molecule has 0 N–H and O–H groups in total. The van der Waals surface area contributed by atoms with Crippen molar-refractivity contribution >= 4 is 16.9 Å². The zero-order chi connectivity index (χ0) is 17.7. The van der Waals surface area contributed by atoms with Crippen molar-refractivity contribution in [3.8, 4) is 0 Å². The molecule has 0 aliphatic carbocycles. The molecule has 0 bridgehead atoms. The fourth-order valence-corrected chi connectivity index (χ4v) is 3.93. The summed E-state index contributed by atoms with van der Waals surface area (Å²) in [5, 5.41) is 4.96. The van der Waals surface area contributed by atoms with E-state index in [2.05, 4.69) is 27.2 Å². The number of benzene rings is 1. The number of carbonyl (C=O) groups excluding carboxylic acids is 1. The maximum absolute atomic E-state index is 12.4. The molecule has 2 aromatic heterocycles. The number of carbonyl (C=O) groups is 1. The highest BCUT2D eigenvalue weighted by Gasteiger charge is 2.42. The van der Waals surface area contributed by atoms with Crippen molar-refractivity contribution in [3.05, 3.63) is 47.8 Å². The molecule has 1 atom stereocenters. The first-order valence-corrected chi connectivity index (χ1v) is 8.95. The number of fused-ring (bicyclic) bond motifs is 1. The fourth-order valence-electron chi connectivity index (χ4n) is 3.93. The predicted molar refractivity (Wildman–Crippen MR) is 93.4 cm³/mol. The summed E-state index contributed by atoms with van der Waals surface area (Å²) >= 11 is 0. The van der Waals surface area contributed by atoms with E-state index in [0.717, 1.165) is 36.4 Å². The van der Waals surface area contributed by atoms with Gasteiger partial charge in [-0.3, -0.25) is 9.69 Å². The van der Waals surface area contributed by atoms with Gasteiger partial charge < -0.3 is 13.8 Å². The number of nitrogens with zero attached hydrogens (tertiary/aromatic N) is 4. The standard InChI is InChI=1S/C19H20N4O3/c1-12-20-19(26-21-12)14-7-18(24)23(8-14)15-9-22(10-15)11-16-6-13-4-2-3-5-17(13)25-16/h2-6,14-15H,7-11H2,1H3. The van der Waals surface area contributed by atoms with Gasteiger partial charge in [-0.25, -0.2) is 0 Å². The minimum absolute atomic E-state index is 0.0214. The Hall–Kier alpha value is -2.67. The van der Waals surface area contributed by atoms with Crippen LogP contribution in [0.5, 0.6) is 0 Å². The lowest BCUT2D eigenvalue weighted by Gasteiger charge is -2.43. The van der Waals surface area contributed by atoms with Gasteiger partial charge in [0, 0.05) is 31.4 Å². The number of aromatic nitrogens is 2. The lowest BCUT2D eigenvalue weighted by atomic mass is 10.1. The van der Waals surface area contributed by atoms with E-state index in [9.17, 15) is 4.79 Å². The molecule has 134 valence electrons. The number of likely N-dealkylation sites (tertiary alicyclic amines) is 2. The van der Waals surface area contributed by atoms with Crippen molar-refractivity contribution < 1.29 is 13.7 Å². The Morgan fingerprint density at radius 2 is 2.08 bits per heavy atom. The Morgan fingerprint density at radius 1 is 1.23 bits per heavy atom. The van der Waals surface area contributed by atoms with Gasteiger partial charge in [0.1, 0.15) is 11.3 Å². The summed E-state index contributed by atoms with van der Waals surface area (Å²) in [5.41, 5.74) is 0.923. The van der Waals surface area contributed by atoms with Crippen LogP contribution in [0.25, 0.3) is 11.0 Å². The number of aryl methyl sites for hydroxylation is 1. The van der Waals surface area contributed by atoms with E-state index in [4.69, 9.17) is 8.94 Å². The van der Waals surface area contributed by atoms with Crippen molar-refractivity contribution in [2.45, 2.75) is 31.8 Å². The first kappa shape index (κ1) is 15.6. The molecule has 0 radical (unpaired) electrons. The van der Waals surface area contributed by atoms with Gasteiger partial charge in [-0.15, -0.1) is 0 Å². The van der Waals surface area contributed by atoms with Crippen molar-refractivity contribution in [1.29, 1.82) is 0 Å². The molecule has 2 fully saturated rings. The van der Waals surface area contributed by atoms with Crippen LogP contribution in [0.3, 0.4) is 0 Å². The molecular formula is C19H20N4O3. The third-order valence-electron chi connectivity index (χ3n) is 5.29. The zero-order valence-corrected chi connectivity index (χ0v) is 14.6. The maximum atomic E-state index is 12.4.